The molecule has 1 heterocycles. The molecule has 0 spiro atoms. The second kappa shape index (κ2) is 6.80. The van der Waals surface area contributed by atoms with E-state index in [2.05, 4.69) is 34.7 Å². The number of nitrogens with one attached hydrogen (secondary N) is 2. The lowest BCUT2D eigenvalue weighted by atomic mass is 10.4. The van der Waals surface area contributed by atoms with Gasteiger partial charge in [-0.25, -0.2) is 0 Å². The molecule has 0 bridgehead atoms. The number of carbonyl (C=O) groups is 1. The van der Waals surface area contributed by atoms with Crippen LogP contribution in [-0.4, -0.2) is 42.3 Å². The van der Waals surface area contributed by atoms with Gasteiger partial charge in [0.1, 0.15) is 6.61 Å². The molecular formula is C11H18N4O2. The first-order chi connectivity index (χ1) is 8.13. The Morgan fingerprint density at radius 2 is 2.18 bits per heavy atom. The summed E-state index contributed by atoms with van der Waals surface area (Å²) in [6, 6.07) is 3.64. The fraction of sp³-hybridized carbons (Fsp3) is 0.545. The first-order valence-electron chi connectivity index (χ1n) is 5.55. The molecule has 1 aromatic rings. The minimum atomic E-state index is -0.259. The highest BCUT2D eigenvalue weighted by atomic mass is 16.5. The fourth-order valence-electron chi connectivity index (χ4n) is 1.15. The Kier molecular flexibility index (Phi) is 5.35. The molecule has 1 aromatic heterocycles. The number of hydrogen-bond donors (Lipinski definition) is 2. The molecule has 1 amide bonds. The summed E-state index contributed by atoms with van der Waals surface area (Å²) in [5, 5.41) is 13.2. The van der Waals surface area contributed by atoms with Gasteiger partial charge in [-0.1, -0.05) is 13.8 Å². The number of carbonyl (C=O) groups excluding carboxylic acids is 1. The number of amides is 1. The van der Waals surface area contributed by atoms with Crippen molar-refractivity contribution in [2.75, 3.05) is 20.2 Å². The summed E-state index contributed by atoms with van der Waals surface area (Å²) < 4.78 is 5.36. The van der Waals surface area contributed by atoms with Crippen molar-refractivity contribution in [3.8, 4) is 5.88 Å². The summed E-state index contributed by atoms with van der Waals surface area (Å²) in [5.41, 5.74) is 0.278. The normalized spacial score (nSPS) is 10.4. The number of ether oxygens (including phenoxy) is 1. The standard InChI is InChI=1S/C11H18N4O2/c1-8(2)13-6-7-17-10-5-4-9(14-15-10)11(16)12-3/h4-5,8,13H,6-7H2,1-3H3,(H,12,16). The molecule has 0 unspecified atom stereocenters. The van der Waals surface area contributed by atoms with E-state index in [-0.39, 0.29) is 11.6 Å². The van der Waals surface area contributed by atoms with Crippen molar-refractivity contribution in [3.05, 3.63) is 17.8 Å². The summed E-state index contributed by atoms with van der Waals surface area (Å²) in [5.74, 6) is 0.161. The van der Waals surface area contributed by atoms with Crippen LogP contribution < -0.4 is 15.4 Å². The Hall–Kier alpha value is -1.69. The molecule has 17 heavy (non-hydrogen) atoms. The third kappa shape index (κ3) is 4.78. The van der Waals surface area contributed by atoms with Gasteiger partial charge >= 0.3 is 0 Å². The van der Waals surface area contributed by atoms with E-state index in [0.29, 0.717) is 18.5 Å². The highest BCUT2D eigenvalue weighted by Gasteiger charge is 2.05. The molecule has 0 fully saturated rings. The molecule has 0 aliphatic carbocycles. The highest BCUT2D eigenvalue weighted by Crippen LogP contribution is 2.04. The molecule has 0 aliphatic heterocycles. The minimum Gasteiger partial charge on any atom is -0.475 e. The molecular weight excluding hydrogens is 220 g/mol. The van der Waals surface area contributed by atoms with Gasteiger partial charge in [0.2, 0.25) is 5.88 Å². The van der Waals surface area contributed by atoms with Crippen molar-refractivity contribution in [2.24, 2.45) is 0 Å². The smallest absolute Gasteiger partial charge is 0.271 e. The van der Waals surface area contributed by atoms with Gasteiger partial charge in [-0.05, 0) is 6.07 Å². The second-order valence-corrected chi connectivity index (χ2v) is 3.79. The van der Waals surface area contributed by atoms with E-state index in [1.54, 1.807) is 19.2 Å². The molecule has 0 aliphatic rings. The van der Waals surface area contributed by atoms with Crippen LogP contribution in [0.2, 0.25) is 0 Å². The van der Waals surface area contributed by atoms with Gasteiger partial charge in [0.25, 0.3) is 5.91 Å². The highest BCUT2D eigenvalue weighted by molar-refractivity contribution is 5.91. The predicted octanol–water partition coefficient (Wildman–Crippen LogP) is 0.213. The molecule has 0 atom stereocenters. The average molecular weight is 238 g/mol. The lowest BCUT2D eigenvalue weighted by Crippen LogP contribution is -2.27. The molecule has 1 rings (SSSR count). The van der Waals surface area contributed by atoms with E-state index in [1.807, 2.05) is 0 Å². The first kappa shape index (κ1) is 13.4. The SMILES string of the molecule is CNC(=O)c1ccc(OCCNC(C)C)nn1. The van der Waals surface area contributed by atoms with Crippen LogP contribution in [0.4, 0.5) is 0 Å². The van der Waals surface area contributed by atoms with E-state index >= 15 is 0 Å². The zero-order valence-electron chi connectivity index (χ0n) is 10.4. The van der Waals surface area contributed by atoms with Gasteiger partial charge < -0.3 is 15.4 Å². The van der Waals surface area contributed by atoms with Gasteiger partial charge in [0.15, 0.2) is 5.69 Å². The van der Waals surface area contributed by atoms with Gasteiger partial charge in [-0.15, -0.1) is 10.2 Å². The molecule has 6 nitrogen and oxygen atoms in total. The van der Waals surface area contributed by atoms with Crippen molar-refractivity contribution < 1.29 is 9.53 Å². The Labute approximate surface area is 101 Å². The topological polar surface area (TPSA) is 76.1 Å². The maximum atomic E-state index is 11.2. The summed E-state index contributed by atoms with van der Waals surface area (Å²) in [6.07, 6.45) is 0. The van der Waals surface area contributed by atoms with Crippen LogP contribution in [0.15, 0.2) is 12.1 Å². The van der Waals surface area contributed by atoms with Crippen LogP contribution in [-0.2, 0) is 0 Å². The predicted molar refractivity (Wildman–Crippen MR) is 64.1 cm³/mol. The van der Waals surface area contributed by atoms with Crippen molar-refractivity contribution in [3.63, 3.8) is 0 Å². The van der Waals surface area contributed by atoms with E-state index in [0.717, 1.165) is 6.54 Å². The van der Waals surface area contributed by atoms with Crippen molar-refractivity contribution in [2.45, 2.75) is 19.9 Å². The molecule has 0 radical (unpaired) electrons. The van der Waals surface area contributed by atoms with Crippen LogP contribution in [0.3, 0.4) is 0 Å². The van der Waals surface area contributed by atoms with E-state index < -0.39 is 0 Å². The number of aromatic nitrogens is 2. The fourth-order valence-corrected chi connectivity index (χ4v) is 1.15. The molecule has 0 saturated heterocycles. The Morgan fingerprint density at radius 3 is 2.71 bits per heavy atom. The van der Waals surface area contributed by atoms with E-state index in [4.69, 9.17) is 4.74 Å². The Morgan fingerprint density at radius 1 is 1.41 bits per heavy atom. The van der Waals surface area contributed by atoms with Gasteiger partial charge in [0.05, 0.1) is 0 Å². The monoisotopic (exact) mass is 238 g/mol. The number of hydrogen-bond acceptors (Lipinski definition) is 5. The van der Waals surface area contributed by atoms with Gasteiger partial charge in [-0.3, -0.25) is 4.79 Å². The van der Waals surface area contributed by atoms with Crippen LogP contribution >= 0.6 is 0 Å². The molecule has 0 saturated carbocycles. The lowest BCUT2D eigenvalue weighted by molar-refractivity contribution is 0.0957. The second-order valence-electron chi connectivity index (χ2n) is 3.79. The van der Waals surface area contributed by atoms with E-state index in [1.165, 1.54) is 0 Å². The third-order valence-electron chi connectivity index (χ3n) is 2.00. The third-order valence-corrected chi connectivity index (χ3v) is 2.00. The quantitative estimate of drug-likeness (QED) is 0.693. The molecule has 94 valence electrons. The largest absolute Gasteiger partial charge is 0.475 e. The average Bonchev–Trinajstić information content (AvgIpc) is 2.34. The molecule has 0 aromatic carbocycles. The van der Waals surface area contributed by atoms with Crippen LogP contribution in [0, 0.1) is 0 Å². The Balaban J connectivity index is 2.38. The molecule has 2 N–H and O–H groups in total. The number of rotatable bonds is 6. The zero-order chi connectivity index (χ0) is 12.7. The van der Waals surface area contributed by atoms with E-state index in [9.17, 15) is 4.79 Å². The first-order valence-corrected chi connectivity index (χ1v) is 5.55. The minimum absolute atomic E-state index is 0.259. The number of nitrogens with zero attached hydrogens (tertiary/aromatic N) is 2. The zero-order valence-corrected chi connectivity index (χ0v) is 10.4. The maximum Gasteiger partial charge on any atom is 0.271 e. The van der Waals surface area contributed by atoms with Crippen LogP contribution in [0.5, 0.6) is 5.88 Å². The van der Waals surface area contributed by atoms with Crippen molar-refractivity contribution in [1.29, 1.82) is 0 Å². The molecule has 6 heteroatoms. The summed E-state index contributed by atoms with van der Waals surface area (Å²) in [4.78, 5) is 11.2. The van der Waals surface area contributed by atoms with Crippen molar-refractivity contribution >= 4 is 5.91 Å². The van der Waals surface area contributed by atoms with Crippen LogP contribution in [0.1, 0.15) is 24.3 Å². The summed E-state index contributed by atoms with van der Waals surface area (Å²) in [7, 11) is 1.55. The Bertz CT molecular complexity index is 351. The lowest BCUT2D eigenvalue weighted by Gasteiger charge is -2.08. The van der Waals surface area contributed by atoms with Crippen molar-refractivity contribution in [1.82, 2.24) is 20.8 Å². The van der Waals surface area contributed by atoms with Crippen LogP contribution in [0.25, 0.3) is 0 Å². The summed E-state index contributed by atoms with van der Waals surface area (Å²) >= 11 is 0. The maximum absolute atomic E-state index is 11.2. The van der Waals surface area contributed by atoms with Gasteiger partial charge in [-0.2, -0.15) is 0 Å². The van der Waals surface area contributed by atoms with Gasteiger partial charge in [0, 0.05) is 25.7 Å². The summed E-state index contributed by atoms with van der Waals surface area (Å²) in [6.45, 7) is 5.40.